The number of anilines is 3. The molecule has 2 aromatic heterocycles. The van der Waals surface area contributed by atoms with E-state index in [1.165, 1.54) is 22.7 Å². The summed E-state index contributed by atoms with van der Waals surface area (Å²) in [6, 6.07) is 5.37. The minimum absolute atomic E-state index is 0.227. The van der Waals surface area contributed by atoms with Crippen LogP contribution in [-0.2, 0) is 13.0 Å². The van der Waals surface area contributed by atoms with Crippen molar-refractivity contribution < 1.29 is 9.90 Å². The predicted octanol–water partition coefficient (Wildman–Crippen LogP) is 4.06. The van der Waals surface area contributed by atoms with Crippen LogP contribution in [0.1, 0.15) is 61.6 Å². The summed E-state index contributed by atoms with van der Waals surface area (Å²) in [6.07, 6.45) is 8.36. The molecule has 0 unspecified atom stereocenters. The quantitative estimate of drug-likeness (QED) is 0.331. The lowest BCUT2D eigenvalue weighted by Gasteiger charge is -2.42. The lowest BCUT2D eigenvalue weighted by Crippen LogP contribution is -2.47. The second-order valence-electron chi connectivity index (χ2n) is 11.7. The number of amides is 1. The summed E-state index contributed by atoms with van der Waals surface area (Å²) in [5.74, 6) is 0.816. The fourth-order valence-electron chi connectivity index (χ4n) is 6.72. The maximum Gasteiger partial charge on any atom is 0.270 e. The third-order valence-corrected chi connectivity index (χ3v) is 10.5. The van der Waals surface area contributed by atoms with Crippen LogP contribution >= 0.6 is 23.4 Å². The summed E-state index contributed by atoms with van der Waals surface area (Å²) in [5.41, 5.74) is 12.4. The third-order valence-electron chi connectivity index (χ3n) is 8.94. The number of carbonyl (C=O) groups excluding carboxylic acids is 1. The molecule has 6 rings (SSSR count). The van der Waals surface area contributed by atoms with Crippen molar-refractivity contribution in [1.82, 2.24) is 19.5 Å². The lowest BCUT2D eigenvalue weighted by atomic mass is 9.74. The molecule has 1 spiro atoms. The van der Waals surface area contributed by atoms with Gasteiger partial charge in [0, 0.05) is 37.0 Å². The molecule has 1 amide bonds. The molecule has 222 valence electrons. The number of fused-ring (bicyclic) bond motifs is 1. The highest BCUT2D eigenvalue weighted by Gasteiger charge is 2.45. The number of rotatable bonds is 5. The Kier molecular flexibility index (Phi) is 7.79. The Morgan fingerprint density at radius 2 is 2.00 bits per heavy atom. The highest BCUT2D eigenvalue weighted by Crippen LogP contribution is 2.48. The van der Waals surface area contributed by atoms with E-state index in [-0.39, 0.29) is 28.0 Å². The van der Waals surface area contributed by atoms with Crippen molar-refractivity contribution in [2.75, 3.05) is 29.0 Å². The predicted molar refractivity (Wildman–Crippen MR) is 163 cm³/mol. The molecule has 3 aromatic rings. The molecule has 1 saturated heterocycles. The van der Waals surface area contributed by atoms with Gasteiger partial charge in [-0.3, -0.25) is 14.2 Å². The summed E-state index contributed by atoms with van der Waals surface area (Å²) in [7, 11) is 0. The number of nitrogens with two attached hydrogens (primary N) is 2. The normalized spacial score (nSPS) is 21.4. The first-order chi connectivity index (χ1) is 20.1. The number of piperidine rings is 1. The molecular weight excluding hydrogens is 576 g/mol. The highest BCUT2D eigenvalue weighted by atomic mass is 35.5. The molecule has 1 saturated carbocycles. The van der Waals surface area contributed by atoms with E-state index in [0.29, 0.717) is 34.6 Å². The zero-order chi connectivity index (χ0) is 29.6. The fourth-order valence-corrected chi connectivity index (χ4v) is 7.82. The van der Waals surface area contributed by atoms with E-state index >= 15 is 0 Å². The van der Waals surface area contributed by atoms with Gasteiger partial charge in [0.2, 0.25) is 5.88 Å². The van der Waals surface area contributed by atoms with Gasteiger partial charge in [0.15, 0.2) is 11.4 Å². The SMILES string of the molecule is C[C@H]1C[C@@H](N)C2(CCN(c3cnc(Sc4cccc(NC(=O)c5c(O)nc6n(c5=O)CCCC6)c4Cl)c(N)n3)CC2)C1. The summed E-state index contributed by atoms with van der Waals surface area (Å²) < 4.78 is 1.45. The van der Waals surface area contributed by atoms with Crippen LogP contribution in [0.2, 0.25) is 5.02 Å². The van der Waals surface area contributed by atoms with Gasteiger partial charge in [-0.2, -0.15) is 4.98 Å². The van der Waals surface area contributed by atoms with Gasteiger partial charge >= 0.3 is 0 Å². The molecule has 4 heterocycles. The minimum atomic E-state index is -0.782. The first-order valence-electron chi connectivity index (χ1n) is 14.4. The molecule has 11 nitrogen and oxygen atoms in total. The van der Waals surface area contributed by atoms with E-state index in [9.17, 15) is 14.7 Å². The van der Waals surface area contributed by atoms with Gasteiger partial charge in [-0.1, -0.05) is 36.4 Å². The van der Waals surface area contributed by atoms with Crippen molar-refractivity contribution in [3.05, 3.63) is 51.2 Å². The Bertz CT molecular complexity index is 1590. The third kappa shape index (κ3) is 5.31. The van der Waals surface area contributed by atoms with Gasteiger partial charge in [0.25, 0.3) is 11.5 Å². The van der Waals surface area contributed by atoms with E-state index in [1.54, 1.807) is 24.4 Å². The van der Waals surface area contributed by atoms with Crippen LogP contribution in [0.4, 0.5) is 17.3 Å². The maximum atomic E-state index is 13.1. The second kappa shape index (κ2) is 11.4. The van der Waals surface area contributed by atoms with E-state index in [1.807, 2.05) is 0 Å². The molecule has 0 bridgehead atoms. The van der Waals surface area contributed by atoms with Crippen LogP contribution in [0.3, 0.4) is 0 Å². The number of aromatic nitrogens is 4. The average molecular weight is 611 g/mol. The molecule has 3 aliphatic rings. The number of benzene rings is 1. The first kappa shape index (κ1) is 28.8. The van der Waals surface area contributed by atoms with Gasteiger partial charge < -0.3 is 26.8 Å². The van der Waals surface area contributed by atoms with Crippen molar-refractivity contribution in [2.24, 2.45) is 17.1 Å². The van der Waals surface area contributed by atoms with Gasteiger partial charge in [-0.25, -0.2) is 9.97 Å². The Morgan fingerprint density at radius 1 is 1.21 bits per heavy atom. The minimum Gasteiger partial charge on any atom is -0.493 e. The molecule has 2 fully saturated rings. The maximum absolute atomic E-state index is 13.1. The van der Waals surface area contributed by atoms with Crippen LogP contribution in [0.15, 0.2) is 39.1 Å². The van der Waals surface area contributed by atoms with Crippen molar-refractivity contribution in [1.29, 1.82) is 0 Å². The van der Waals surface area contributed by atoms with Crippen LogP contribution < -0.4 is 27.2 Å². The van der Waals surface area contributed by atoms with Crippen LogP contribution in [0, 0.1) is 11.3 Å². The van der Waals surface area contributed by atoms with E-state index in [0.717, 1.165) is 51.0 Å². The number of nitrogen functional groups attached to an aromatic ring is 1. The number of nitrogens with zero attached hydrogens (tertiary/aromatic N) is 5. The van der Waals surface area contributed by atoms with Gasteiger partial charge in [-0.05, 0) is 62.0 Å². The molecule has 1 aromatic carbocycles. The first-order valence-corrected chi connectivity index (χ1v) is 15.6. The number of nitrogens with one attached hydrogen (secondary N) is 1. The van der Waals surface area contributed by atoms with Gasteiger partial charge in [0.05, 0.1) is 16.9 Å². The Hall–Kier alpha value is -3.35. The van der Waals surface area contributed by atoms with E-state index < -0.39 is 22.9 Å². The molecule has 2 aliphatic heterocycles. The zero-order valence-electron chi connectivity index (χ0n) is 23.5. The van der Waals surface area contributed by atoms with Crippen LogP contribution in [-0.4, -0.2) is 49.7 Å². The van der Waals surface area contributed by atoms with Gasteiger partial charge in [0.1, 0.15) is 16.7 Å². The van der Waals surface area contributed by atoms with E-state index in [4.69, 9.17) is 23.1 Å². The number of hydrogen-bond acceptors (Lipinski definition) is 10. The number of aromatic hydroxyl groups is 1. The molecule has 2 atom stereocenters. The molecule has 1 aliphatic carbocycles. The summed E-state index contributed by atoms with van der Waals surface area (Å²) in [5, 5.41) is 13.8. The molecular formula is C29H35ClN8O3S. The standard InChI is InChI=1S/C29H35ClN8O3S/c1-16-13-19(31)29(14-16)8-11-37(12-9-29)21-15-33-27(24(32)35-21)42-18-6-4-5-17(23(18)30)34-25(39)22-26(40)36-20-7-2-3-10-38(20)28(22)41/h4-6,15-16,19,40H,2-3,7-14,31H2,1H3,(H2,32,35)(H,34,39)/t16-,19+/m0/s1. The summed E-state index contributed by atoms with van der Waals surface area (Å²) in [6.45, 7) is 4.49. The number of aryl methyl sites for hydroxylation is 1. The Morgan fingerprint density at radius 3 is 2.71 bits per heavy atom. The van der Waals surface area contributed by atoms with Crippen LogP contribution in [0.5, 0.6) is 5.88 Å². The van der Waals surface area contributed by atoms with E-state index in [2.05, 4.69) is 32.1 Å². The monoisotopic (exact) mass is 610 g/mol. The molecule has 13 heteroatoms. The number of carbonyl (C=O) groups is 1. The Labute approximate surface area is 253 Å². The number of hydrogen-bond donors (Lipinski definition) is 4. The highest BCUT2D eigenvalue weighted by molar-refractivity contribution is 7.99. The lowest BCUT2D eigenvalue weighted by molar-refractivity contribution is 0.102. The van der Waals surface area contributed by atoms with Crippen molar-refractivity contribution in [3.8, 4) is 5.88 Å². The summed E-state index contributed by atoms with van der Waals surface area (Å²) in [4.78, 5) is 42.2. The van der Waals surface area contributed by atoms with Crippen molar-refractivity contribution >= 4 is 46.6 Å². The second-order valence-corrected chi connectivity index (χ2v) is 13.1. The average Bonchev–Trinajstić information content (AvgIpc) is 3.23. The fraction of sp³-hybridized carbons (Fsp3) is 0.483. The molecule has 6 N–H and O–H groups in total. The smallest absolute Gasteiger partial charge is 0.270 e. The topological polar surface area (TPSA) is 165 Å². The largest absolute Gasteiger partial charge is 0.493 e. The van der Waals surface area contributed by atoms with Crippen molar-refractivity contribution in [2.45, 2.75) is 74.4 Å². The van der Waals surface area contributed by atoms with Crippen molar-refractivity contribution in [3.63, 3.8) is 0 Å². The van der Waals surface area contributed by atoms with Crippen LogP contribution in [0.25, 0.3) is 0 Å². The zero-order valence-corrected chi connectivity index (χ0v) is 25.0. The Balaban J connectivity index is 1.16. The molecule has 0 radical (unpaired) electrons. The number of halogens is 1. The van der Waals surface area contributed by atoms with Gasteiger partial charge in [-0.15, -0.1) is 0 Å². The summed E-state index contributed by atoms with van der Waals surface area (Å²) >= 11 is 7.90. The molecule has 42 heavy (non-hydrogen) atoms.